The van der Waals surface area contributed by atoms with E-state index in [0.717, 1.165) is 25.7 Å². The van der Waals surface area contributed by atoms with Gasteiger partial charge in [-0.2, -0.15) is 0 Å². The summed E-state index contributed by atoms with van der Waals surface area (Å²) in [5.74, 6) is 2.35. The van der Waals surface area contributed by atoms with Crippen molar-refractivity contribution < 1.29 is 14.6 Å². The third kappa shape index (κ3) is 2.19. The molecule has 4 fully saturated rings. The summed E-state index contributed by atoms with van der Waals surface area (Å²) in [4.78, 5) is 0. The minimum atomic E-state index is -0.470. The molecule has 0 radical (unpaired) electrons. The van der Waals surface area contributed by atoms with Gasteiger partial charge in [0.15, 0.2) is 0 Å². The first-order chi connectivity index (χ1) is 10.8. The molecular formula is C20H32O3. The van der Waals surface area contributed by atoms with Crippen molar-refractivity contribution in [3.8, 4) is 0 Å². The Morgan fingerprint density at radius 2 is 1.96 bits per heavy atom. The van der Waals surface area contributed by atoms with E-state index in [-0.39, 0.29) is 23.9 Å². The predicted molar refractivity (Wildman–Crippen MR) is 90.1 cm³/mol. The van der Waals surface area contributed by atoms with Crippen molar-refractivity contribution in [3.05, 3.63) is 12.2 Å². The molecule has 1 aliphatic carbocycles. The first kappa shape index (κ1) is 16.1. The number of hydrogen-bond acceptors (Lipinski definition) is 3. The van der Waals surface area contributed by atoms with Crippen LogP contribution in [0.15, 0.2) is 12.2 Å². The van der Waals surface area contributed by atoms with Gasteiger partial charge in [0, 0.05) is 12.3 Å². The summed E-state index contributed by atoms with van der Waals surface area (Å²) in [7, 11) is 0. The van der Waals surface area contributed by atoms with Gasteiger partial charge in [-0.05, 0) is 57.3 Å². The van der Waals surface area contributed by atoms with Gasteiger partial charge in [0.05, 0.1) is 29.5 Å². The number of aliphatic hydroxyl groups excluding tert-OH is 1. The largest absolute Gasteiger partial charge is 0.390 e. The van der Waals surface area contributed by atoms with Crippen molar-refractivity contribution in [3.63, 3.8) is 0 Å². The molecule has 4 bridgehead atoms. The normalized spacial score (nSPS) is 55.7. The van der Waals surface area contributed by atoms with Crippen molar-refractivity contribution >= 4 is 0 Å². The van der Waals surface area contributed by atoms with Crippen molar-refractivity contribution in [2.45, 2.75) is 89.3 Å². The Kier molecular flexibility index (Phi) is 3.54. The molecule has 0 spiro atoms. The molecule has 130 valence electrons. The van der Waals surface area contributed by atoms with Gasteiger partial charge < -0.3 is 14.6 Å². The molecule has 5 unspecified atom stereocenters. The van der Waals surface area contributed by atoms with Crippen molar-refractivity contribution in [1.82, 2.24) is 0 Å². The molecule has 0 aromatic rings. The quantitative estimate of drug-likeness (QED) is 0.749. The van der Waals surface area contributed by atoms with E-state index in [1.165, 1.54) is 12.0 Å². The highest BCUT2D eigenvalue weighted by molar-refractivity contribution is 5.20. The monoisotopic (exact) mass is 320 g/mol. The maximum atomic E-state index is 10.5. The summed E-state index contributed by atoms with van der Waals surface area (Å²) in [6.45, 7) is 13.4. The molecule has 3 saturated heterocycles. The second kappa shape index (κ2) is 5.06. The Hall–Kier alpha value is -0.380. The zero-order valence-electron chi connectivity index (χ0n) is 15.0. The second-order valence-electron chi connectivity index (χ2n) is 9.29. The number of hydrogen-bond donors (Lipinski definition) is 1. The fourth-order valence-corrected chi connectivity index (χ4v) is 6.20. The van der Waals surface area contributed by atoms with E-state index in [9.17, 15) is 5.11 Å². The van der Waals surface area contributed by atoms with Crippen LogP contribution in [0.1, 0.15) is 59.8 Å². The van der Waals surface area contributed by atoms with Crippen LogP contribution in [-0.4, -0.2) is 34.6 Å². The predicted octanol–water partition coefficient (Wildman–Crippen LogP) is 3.70. The van der Waals surface area contributed by atoms with Gasteiger partial charge in [0.25, 0.3) is 0 Å². The molecular weight excluding hydrogens is 288 g/mol. The maximum absolute atomic E-state index is 10.5. The van der Waals surface area contributed by atoms with Gasteiger partial charge in [-0.25, -0.2) is 0 Å². The standard InChI is InChI=1S/C20H32O3/c1-11(2)13-7-6-12(3)16-14-10-20(5)15(21)8-9-19(4,23-20)18(22-14)17(13)16/h11,13-18,21H,3,6-10H2,1-2,4-5H3/t13?,14?,15-,16-,17-,18?,19?,20?/m0/s1. The summed E-state index contributed by atoms with van der Waals surface area (Å²) in [6, 6.07) is 0. The Balaban J connectivity index is 1.77. The Morgan fingerprint density at radius 1 is 1.22 bits per heavy atom. The minimum absolute atomic E-state index is 0.149. The van der Waals surface area contributed by atoms with Crippen LogP contribution in [0.25, 0.3) is 0 Å². The fraction of sp³-hybridized carbons (Fsp3) is 0.900. The lowest BCUT2D eigenvalue weighted by Gasteiger charge is -2.53. The highest BCUT2D eigenvalue weighted by Crippen LogP contribution is 2.59. The van der Waals surface area contributed by atoms with Gasteiger partial charge >= 0.3 is 0 Å². The molecule has 4 aliphatic rings. The molecule has 1 saturated carbocycles. The molecule has 3 nitrogen and oxygen atoms in total. The summed E-state index contributed by atoms with van der Waals surface area (Å²) in [5, 5.41) is 10.5. The summed E-state index contributed by atoms with van der Waals surface area (Å²) >= 11 is 0. The van der Waals surface area contributed by atoms with Gasteiger partial charge in [0.2, 0.25) is 0 Å². The highest BCUT2D eigenvalue weighted by Gasteiger charge is 2.64. The second-order valence-corrected chi connectivity index (χ2v) is 9.29. The fourth-order valence-electron chi connectivity index (χ4n) is 6.20. The lowest BCUT2D eigenvalue weighted by atomic mass is 9.59. The van der Waals surface area contributed by atoms with Crippen LogP contribution >= 0.6 is 0 Å². The minimum Gasteiger partial charge on any atom is -0.390 e. The van der Waals surface area contributed by atoms with E-state index in [1.54, 1.807) is 0 Å². The first-order valence-corrected chi connectivity index (χ1v) is 9.46. The number of fused-ring (bicyclic) bond motifs is 8. The van der Waals surface area contributed by atoms with Crippen LogP contribution in [0, 0.1) is 23.7 Å². The van der Waals surface area contributed by atoms with Crippen LogP contribution in [0.3, 0.4) is 0 Å². The van der Waals surface area contributed by atoms with Gasteiger partial charge in [-0.3, -0.25) is 0 Å². The summed E-state index contributed by atoms with van der Waals surface area (Å²) in [5.41, 5.74) is 0.635. The maximum Gasteiger partial charge on any atom is 0.0945 e. The molecule has 3 aliphatic heterocycles. The molecule has 4 rings (SSSR count). The van der Waals surface area contributed by atoms with Crippen LogP contribution in [0.5, 0.6) is 0 Å². The van der Waals surface area contributed by atoms with E-state index in [2.05, 4.69) is 34.3 Å². The topological polar surface area (TPSA) is 38.7 Å². The van der Waals surface area contributed by atoms with Crippen LogP contribution in [0.2, 0.25) is 0 Å². The molecule has 8 atom stereocenters. The van der Waals surface area contributed by atoms with Gasteiger partial charge in [-0.15, -0.1) is 0 Å². The third-order valence-corrected chi connectivity index (χ3v) is 7.40. The van der Waals surface area contributed by atoms with Gasteiger partial charge in [-0.1, -0.05) is 26.0 Å². The average Bonchev–Trinajstić information content (AvgIpc) is 2.79. The number of rotatable bonds is 1. The van der Waals surface area contributed by atoms with E-state index < -0.39 is 5.60 Å². The molecule has 0 aromatic heterocycles. The summed E-state index contributed by atoms with van der Waals surface area (Å²) in [6.07, 6.45) is 4.81. The average molecular weight is 320 g/mol. The van der Waals surface area contributed by atoms with E-state index in [0.29, 0.717) is 23.7 Å². The van der Waals surface area contributed by atoms with E-state index in [4.69, 9.17) is 9.47 Å². The van der Waals surface area contributed by atoms with Crippen molar-refractivity contribution in [1.29, 1.82) is 0 Å². The van der Waals surface area contributed by atoms with E-state index >= 15 is 0 Å². The summed E-state index contributed by atoms with van der Waals surface area (Å²) < 4.78 is 13.2. The third-order valence-electron chi connectivity index (χ3n) is 7.40. The van der Waals surface area contributed by atoms with Crippen molar-refractivity contribution in [2.24, 2.45) is 23.7 Å². The Bertz CT molecular complexity index is 515. The molecule has 23 heavy (non-hydrogen) atoms. The number of ether oxygens (including phenoxy) is 2. The Labute approximate surface area is 140 Å². The lowest BCUT2D eigenvalue weighted by molar-refractivity contribution is -0.245. The molecule has 0 aromatic carbocycles. The zero-order valence-corrected chi connectivity index (χ0v) is 15.0. The molecule has 3 heteroatoms. The van der Waals surface area contributed by atoms with E-state index in [1.807, 2.05) is 0 Å². The van der Waals surface area contributed by atoms with Crippen LogP contribution in [0.4, 0.5) is 0 Å². The SMILES string of the molecule is C=C1CCC(C(C)C)[C@@H]2C3OC(CC4(C)OC3(C)CC[C@@H]4O)[C@H]12. The number of aliphatic hydroxyl groups is 1. The highest BCUT2D eigenvalue weighted by atomic mass is 16.6. The smallest absolute Gasteiger partial charge is 0.0945 e. The Morgan fingerprint density at radius 3 is 2.65 bits per heavy atom. The zero-order chi connectivity index (χ0) is 16.6. The van der Waals surface area contributed by atoms with Crippen LogP contribution < -0.4 is 0 Å². The molecule has 3 heterocycles. The van der Waals surface area contributed by atoms with Crippen molar-refractivity contribution in [2.75, 3.05) is 0 Å². The van der Waals surface area contributed by atoms with Crippen LogP contribution in [-0.2, 0) is 9.47 Å². The van der Waals surface area contributed by atoms with Gasteiger partial charge in [0.1, 0.15) is 0 Å². The molecule has 0 amide bonds. The lowest BCUT2D eigenvalue weighted by Crippen LogP contribution is -2.60. The molecule has 1 N–H and O–H groups in total. The first-order valence-electron chi connectivity index (χ1n) is 9.46.